The second-order valence-corrected chi connectivity index (χ2v) is 9.12. The molecule has 0 fully saturated rings. The Bertz CT molecular complexity index is 1240. The summed E-state index contributed by atoms with van der Waals surface area (Å²) < 4.78 is 43.9. The molecule has 0 atom stereocenters. The Kier molecular flexibility index (Phi) is 8.14. The first-order valence-electron chi connectivity index (χ1n) is 10.7. The maximum atomic E-state index is 13.1. The molecular formula is C25H28N2O6S. The molecule has 0 radical (unpaired) electrons. The minimum atomic E-state index is -3.74. The van der Waals surface area contributed by atoms with Gasteiger partial charge in [0.25, 0.3) is 5.91 Å². The van der Waals surface area contributed by atoms with Crippen molar-refractivity contribution in [1.82, 2.24) is 4.31 Å². The topological polar surface area (TPSA) is 94.2 Å². The first-order valence-corrected chi connectivity index (χ1v) is 12.2. The maximum Gasteiger partial charge on any atom is 0.255 e. The fourth-order valence-electron chi connectivity index (χ4n) is 3.36. The van der Waals surface area contributed by atoms with Crippen LogP contribution in [0.4, 0.5) is 5.69 Å². The van der Waals surface area contributed by atoms with E-state index in [0.717, 1.165) is 0 Å². The second kappa shape index (κ2) is 11.0. The van der Waals surface area contributed by atoms with E-state index >= 15 is 0 Å². The molecule has 0 aliphatic carbocycles. The number of anilines is 1. The number of carbonyl (C=O) groups excluding carboxylic acids is 1. The summed E-state index contributed by atoms with van der Waals surface area (Å²) in [5, 5.41) is 2.78. The van der Waals surface area contributed by atoms with Gasteiger partial charge in [0.1, 0.15) is 5.75 Å². The van der Waals surface area contributed by atoms with Gasteiger partial charge < -0.3 is 19.5 Å². The maximum absolute atomic E-state index is 13.1. The lowest BCUT2D eigenvalue weighted by atomic mass is 10.1. The number of para-hydroxylation sites is 1. The van der Waals surface area contributed by atoms with Gasteiger partial charge in [-0.3, -0.25) is 4.79 Å². The van der Waals surface area contributed by atoms with E-state index in [1.54, 1.807) is 44.2 Å². The molecule has 34 heavy (non-hydrogen) atoms. The lowest BCUT2D eigenvalue weighted by Crippen LogP contribution is -2.30. The lowest BCUT2D eigenvalue weighted by Gasteiger charge is -2.20. The quantitative estimate of drug-likeness (QED) is 0.445. The summed E-state index contributed by atoms with van der Waals surface area (Å²) >= 11 is 0. The molecule has 3 aromatic carbocycles. The third kappa shape index (κ3) is 5.49. The van der Waals surface area contributed by atoms with Crippen LogP contribution in [0.2, 0.25) is 0 Å². The zero-order chi connectivity index (χ0) is 24.7. The average molecular weight is 485 g/mol. The number of nitrogens with zero attached hydrogens (tertiary/aromatic N) is 1. The Balaban J connectivity index is 2.02. The highest BCUT2D eigenvalue weighted by Crippen LogP contribution is 2.34. The summed E-state index contributed by atoms with van der Waals surface area (Å²) in [7, 11) is -0.758. The third-order valence-electron chi connectivity index (χ3n) is 5.16. The van der Waals surface area contributed by atoms with E-state index < -0.39 is 15.9 Å². The number of rotatable bonds is 10. The van der Waals surface area contributed by atoms with Crippen LogP contribution >= 0.6 is 0 Å². The Morgan fingerprint density at radius 3 is 2.12 bits per heavy atom. The van der Waals surface area contributed by atoms with Crippen molar-refractivity contribution in [2.45, 2.75) is 18.7 Å². The van der Waals surface area contributed by atoms with Gasteiger partial charge in [0, 0.05) is 18.7 Å². The third-order valence-corrected chi connectivity index (χ3v) is 7.21. The fourth-order valence-corrected chi connectivity index (χ4v) is 4.84. The first-order chi connectivity index (χ1) is 16.3. The van der Waals surface area contributed by atoms with Gasteiger partial charge in [-0.1, -0.05) is 32.0 Å². The summed E-state index contributed by atoms with van der Waals surface area (Å²) in [4.78, 5) is 13.1. The largest absolute Gasteiger partial charge is 0.493 e. The average Bonchev–Trinajstić information content (AvgIpc) is 2.85. The minimum Gasteiger partial charge on any atom is -0.493 e. The Labute approximate surface area is 200 Å². The van der Waals surface area contributed by atoms with E-state index in [0.29, 0.717) is 41.7 Å². The van der Waals surface area contributed by atoms with Crippen LogP contribution in [0.1, 0.15) is 24.2 Å². The van der Waals surface area contributed by atoms with E-state index in [1.807, 2.05) is 18.2 Å². The van der Waals surface area contributed by atoms with E-state index in [4.69, 9.17) is 14.2 Å². The zero-order valence-corrected chi connectivity index (χ0v) is 20.4. The van der Waals surface area contributed by atoms with Gasteiger partial charge >= 0.3 is 0 Å². The predicted octanol–water partition coefficient (Wildman–Crippen LogP) is 4.78. The molecular weight excluding hydrogens is 456 g/mol. The number of nitrogens with one attached hydrogen (secondary N) is 1. The minimum absolute atomic E-state index is 0.0548. The molecule has 0 saturated carbocycles. The smallest absolute Gasteiger partial charge is 0.255 e. The Hall–Kier alpha value is -3.56. The number of carbonyl (C=O) groups is 1. The van der Waals surface area contributed by atoms with Gasteiger partial charge in [0.15, 0.2) is 17.2 Å². The van der Waals surface area contributed by atoms with E-state index in [2.05, 4.69) is 5.32 Å². The van der Waals surface area contributed by atoms with E-state index in [1.165, 1.54) is 36.7 Å². The van der Waals surface area contributed by atoms with Crippen molar-refractivity contribution in [2.24, 2.45) is 0 Å². The highest BCUT2D eigenvalue weighted by molar-refractivity contribution is 7.89. The zero-order valence-electron chi connectivity index (χ0n) is 19.6. The van der Waals surface area contributed by atoms with Crippen LogP contribution in [-0.4, -0.2) is 45.9 Å². The molecule has 0 bridgehead atoms. The van der Waals surface area contributed by atoms with Crippen molar-refractivity contribution in [1.29, 1.82) is 0 Å². The number of hydrogen-bond donors (Lipinski definition) is 1. The van der Waals surface area contributed by atoms with Crippen LogP contribution in [0, 0.1) is 0 Å². The number of amides is 1. The molecule has 1 amide bonds. The van der Waals surface area contributed by atoms with E-state index in [9.17, 15) is 13.2 Å². The lowest BCUT2D eigenvalue weighted by molar-refractivity contribution is 0.102. The number of benzene rings is 3. The van der Waals surface area contributed by atoms with Crippen molar-refractivity contribution in [2.75, 3.05) is 32.6 Å². The molecule has 8 nitrogen and oxygen atoms in total. The van der Waals surface area contributed by atoms with Crippen molar-refractivity contribution in [3.63, 3.8) is 0 Å². The Morgan fingerprint density at radius 2 is 1.50 bits per heavy atom. The summed E-state index contributed by atoms with van der Waals surface area (Å²) in [5.41, 5.74) is 0.525. The fraction of sp³-hybridized carbons (Fsp3) is 0.240. The molecule has 3 aromatic rings. The molecule has 1 N–H and O–H groups in total. The highest BCUT2D eigenvalue weighted by atomic mass is 32.2. The SMILES string of the molecule is CCN(CC)S(=O)(=O)c1ccc(Oc2ccccc2)c(NC(=O)c2ccc(OC)c(OC)c2)c1. The van der Waals surface area contributed by atoms with Gasteiger partial charge in [-0.25, -0.2) is 8.42 Å². The summed E-state index contributed by atoms with van der Waals surface area (Å²) in [6.45, 7) is 4.20. The highest BCUT2D eigenvalue weighted by Gasteiger charge is 2.24. The van der Waals surface area contributed by atoms with Crippen LogP contribution < -0.4 is 19.5 Å². The summed E-state index contributed by atoms with van der Waals surface area (Å²) in [6.07, 6.45) is 0. The second-order valence-electron chi connectivity index (χ2n) is 7.19. The van der Waals surface area contributed by atoms with E-state index in [-0.39, 0.29) is 10.6 Å². The van der Waals surface area contributed by atoms with Crippen molar-refractivity contribution in [3.05, 3.63) is 72.3 Å². The van der Waals surface area contributed by atoms with Crippen molar-refractivity contribution in [3.8, 4) is 23.0 Å². The molecule has 0 aliphatic heterocycles. The van der Waals surface area contributed by atoms with Crippen LogP contribution in [0.25, 0.3) is 0 Å². The van der Waals surface area contributed by atoms with Crippen molar-refractivity contribution >= 4 is 21.6 Å². The Morgan fingerprint density at radius 1 is 0.853 bits per heavy atom. The number of sulfonamides is 1. The van der Waals surface area contributed by atoms with Gasteiger partial charge in [-0.2, -0.15) is 4.31 Å². The van der Waals surface area contributed by atoms with Crippen molar-refractivity contribution < 1.29 is 27.4 Å². The van der Waals surface area contributed by atoms with Gasteiger partial charge in [0.05, 0.1) is 24.8 Å². The summed E-state index contributed by atoms with van der Waals surface area (Å²) in [6, 6.07) is 18.2. The molecule has 0 saturated heterocycles. The molecule has 0 heterocycles. The molecule has 0 aliphatic rings. The summed E-state index contributed by atoms with van der Waals surface area (Å²) in [5.74, 6) is 1.27. The monoisotopic (exact) mass is 484 g/mol. The number of hydrogen-bond acceptors (Lipinski definition) is 6. The number of methoxy groups -OCH3 is 2. The molecule has 9 heteroatoms. The molecule has 0 spiro atoms. The molecule has 3 rings (SSSR count). The molecule has 180 valence electrons. The normalized spacial score (nSPS) is 11.2. The number of ether oxygens (including phenoxy) is 3. The van der Waals surface area contributed by atoms with Crippen LogP contribution in [0.5, 0.6) is 23.0 Å². The van der Waals surface area contributed by atoms with Gasteiger partial charge in [-0.15, -0.1) is 0 Å². The first kappa shape index (κ1) is 25.1. The van der Waals surface area contributed by atoms with Crippen LogP contribution in [-0.2, 0) is 10.0 Å². The van der Waals surface area contributed by atoms with Gasteiger partial charge in [-0.05, 0) is 48.5 Å². The molecule has 0 unspecified atom stereocenters. The van der Waals surface area contributed by atoms with Crippen LogP contribution in [0.3, 0.4) is 0 Å². The van der Waals surface area contributed by atoms with Gasteiger partial charge in [0.2, 0.25) is 10.0 Å². The molecule has 0 aromatic heterocycles. The predicted molar refractivity (Wildman–Crippen MR) is 131 cm³/mol. The van der Waals surface area contributed by atoms with Crippen LogP contribution in [0.15, 0.2) is 71.6 Å². The standard InChI is InChI=1S/C25H28N2O6S/c1-5-27(6-2)34(29,30)20-13-15-22(33-19-10-8-7-9-11-19)21(17-20)26-25(28)18-12-14-23(31-3)24(16-18)32-4/h7-17H,5-6H2,1-4H3,(H,26,28).